The summed E-state index contributed by atoms with van der Waals surface area (Å²) >= 11 is 0. The van der Waals surface area contributed by atoms with E-state index in [2.05, 4.69) is 43.5 Å². The number of amides is 1. The lowest BCUT2D eigenvalue weighted by Crippen LogP contribution is -2.45. The first-order valence-electron chi connectivity index (χ1n) is 34.7. The van der Waals surface area contributed by atoms with Gasteiger partial charge in [-0.05, 0) is 57.8 Å². The van der Waals surface area contributed by atoms with Crippen LogP contribution < -0.4 is 5.32 Å². The Hall–Kier alpha value is -1.39. The fourth-order valence-corrected chi connectivity index (χ4v) is 11.1. The molecule has 0 saturated heterocycles. The second kappa shape index (κ2) is 66.9. The van der Waals surface area contributed by atoms with Crippen molar-refractivity contribution in [2.45, 2.75) is 405 Å². The van der Waals surface area contributed by atoms with E-state index in [0.29, 0.717) is 6.42 Å². The van der Waals surface area contributed by atoms with E-state index in [1.54, 1.807) is 6.08 Å². The Morgan fingerprint density at radius 2 is 0.520 bits per heavy atom. The van der Waals surface area contributed by atoms with Gasteiger partial charge < -0.3 is 15.5 Å². The Labute approximate surface area is 472 Å². The van der Waals surface area contributed by atoms with Crippen LogP contribution in [0.3, 0.4) is 0 Å². The number of nitrogens with one attached hydrogen (secondary N) is 1. The van der Waals surface area contributed by atoms with Crippen LogP contribution in [0.1, 0.15) is 393 Å². The molecule has 1 amide bonds. The maximum atomic E-state index is 12.5. The van der Waals surface area contributed by atoms with Gasteiger partial charge in [-0.3, -0.25) is 4.79 Å². The maximum absolute atomic E-state index is 12.5. The van der Waals surface area contributed by atoms with E-state index in [1.165, 1.54) is 340 Å². The van der Waals surface area contributed by atoms with Gasteiger partial charge in [0.2, 0.25) is 5.91 Å². The summed E-state index contributed by atoms with van der Waals surface area (Å²) in [5.41, 5.74) is 0. The van der Waals surface area contributed by atoms with Crippen LogP contribution in [-0.2, 0) is 4.79 Å². The molecule has 0 radical (unpaired) electrons. The molecule has 2 unspecified atom stereocenters. The average molecular weight is 1050 g/mol. The number of carbonyl (C=O) groups excluding carboxylic acids is 1. The summed E-state index contributed by atoms with van der Waals surface area (Å²) in [5, 5.41) is 23.3. The van der Waals surface area contributed by atoms with Gasteiger partial charge in [0, 0.05) is 6.42 Å². The number of aliphatic hydroxyl groups excluding tert-OH is 2. The summed E-state index contributed by atoms with van der Waals surface area (Å²) < 4.78 is 0. The number of unbranched alkanes of at least 4 members (excludes halogenated alkanes) is 54. The Morgan fingerprint density at radius 3 is 0.773 bits per heavy atom. The maximum Gasteiger partial charge on any atom is 0.220 e. The average Bonchev–Trinajstić information content (AvgIpc) is 3.41. The third-order valence-corrected chi connectivity index (χ3v) is 16.3. The topological polar surface area (TPSA) is 69.6 Å². The highest BCUT2D eigenvalue weighted by atomic mass is 16.3. The van der Waals surface area contributed by atoms with Crippen LogP contribution in [0.15, 0.2) is 36.5 Å². The standard InChI is InChI=1S/C71H137NO3/c1-3-5-7-9-11-13-15-17-19-21-23-25-27-29-31-33-35-36-37-39-41-43-45-47-49-51-53-55-57-59-61-63-65-67-71(75)72-69(68-73)70(74)66-64-62-60-58-56-54-52-50-48-46-44-42-40-38-34-32-30-28-26-24-22-20-18-16-14-12-10-8-6-4-2/h21,23,56,58,64,66,69-70,73-74H,3-20,22,24-55,57,59-63,65,67-68H2,1-2H3,(H,72,75)/b23-21-,58-56+,66-64+. The molecule has 75 heavy (non-hydrogen) atoms. The number of rotatable bonds is 65. The van der Waals surface area contributed by atoms with Gasteiger partial charge in [-0.2, -0.15) is 0 Å². The lowest BCUT2D eigenvalue weighted by molar-refractivity contribution is -0.123. The van der Waals surface area contributed by atoms with E-state index in [-0.39, 0.29) is 12.5 Å². The monoisotopic (exact) mass is 1050 g/mol. The zero-order valence-corrected chi connectivity index (χ0v) is 51.3. The molecule has 0 rings (SSSR count). The van der Waals surface area contributed by atoms with Crippen molar-refractivity contribution >= 4 is 5.91 Å². The smallest absolute Gasteiger partial charge is 0.220 e. The van der Waals surface area contributed by atoms with Crippen molar-refractivity contribution in [3.8, 4) is 0 Å². The molecule has 4 heteroatoms. The second-order valence-electron chi connectivity index (χ2n) is 23.9. The minimum absolute atomic E-state index is 0.0655. The molecule has 0 aliphatic heterocycles. The second-order valence-corrected chi connectivity index (χ2v) is 23.9. The molecule has 0 aromatic rings. The van der Waals surface area contributed by atoms with Crippen molar-refractivity contribution in [2.24, 2.45) is 0 Å². The molecule has 444 valence electrons. The molecule has 0 aliphatic rings. The molecular formula is C71H137NO3. The summed E-state index contributed by atoms with van der Waals surface area (Å²) in [4.78, 5) is 12.5. The van der Waals surface area contributed by atoms with Crippen LogP contribution in [0.4, 0.5) is 0 Å². The van der Waals surface area contributed by atoms with Gasteiger partial charge in [-0.1, -0.05) is 365 Å². The van der Waals surface area contributed by atoms with E-state index < -0.39 is 12.1 Å². The van der Waals surface area contributed by atoms with Crippen molar-refractivity contribution in [1.29, 1.82) is 0 Å². The van der Waals surface area contributed by atoms with Crippen molar-refractivity contribution in [3.63, 3.8) is 0 Å². The normalized spacial score (nSPS) is 12.9. The van der Waals surface area contributed by atoms with Crippen LogP contribution in [0.25, 0.3) is 0 Å². The summed E-state index contributed by atoms with van der Waals surface area (Å²) in [6.07, 6.45) is 92.4. The number of hydrogen-bond donors (Lipinski definition) is 3. The first-order chi connectivity index (χ1) is 37.2. The lowest BCUT2D eigenvalue weighted by Gasteiger charge is -2.19. The molecule has 0 saturated carbocycles. The van der Waals surface area contributed by atoms with Crippen molar-refractivity contribution in [2.75, 3.05) is 6.61 Å². The highest BCUT2D eigenvalue weighted by Gasteiger charge is 2.18. The molecule has 0 aliphatic carbocycles. The summed E-state index contributed by atoms with van der Waals surface area (Å²) in [5.74, 6) is -0.0655. The number of aliphatic hydroxyl groups is 2. The fraction of sp³-hybridized carbons (Fsp3) is 0.901. The third-order valence-electron chi connectivity index (χ3n) is 16.3. The van der Waals surface area contributed by atoms with Crippen LogP contribution >= 0.6 is 0 Å². The first-order valence-corrected chi connectivity index (χ1v) is 34.7. The Kier molecular flexibility index (Phi) is 65.6. The van der Waals surface area contributed by atoms with E-state index in [0.717, 1.165) is 32.1 Å². The van der Waals surface area contributed by atoms with Gasteiger partial charge in [0.15, 0.2) is 0 Å². The van der Waals surface area contributed by atoms with Crippen LogP contribution in [0.5, 0.6) is 0 Å². The van der Waals surface area contributed by atoms with Crippen molar-refractivity contribution in [1.82, 2.24) is 5.32 Å². The van der Waals surface area contributed by atoms with E-state index in [9.17, 15) is 15.0 Å². The molecule has 0 fully saturated rings. The minimum Gasteiger partial charge on any atom is -0.394 e. The zero-order valence-electron chi connectivity index (χ0n) is 51.3. The van der Waals surface area contributed by atoms with Crippen molar-refractivity contribution < 1.29 is 15.0 Å². The first kappa shape index (κ1) is 73.6. The number of carbonyl (C=O) groups is 1. The van der Waals surface area contributed by atoms with Gasteiger partial charge in [0.1, 0.15) is 0 Å². The van der Waals surface area contributed by atoms with Crippen LogP contribution in [-0.4, -0.2) is 34.9 Å². The molecule has 0 spiro atoms. The Bertz CT molecular complexity index is 1150. The number of allylic oxidation sites excluding steroid dienone is 5. The SMILES string of the molecule is CCCCCCCCCC/C=C\CCCCCCCCCCCCCCCCCCCCCCCC(=O)NC(CO)C(O)/C=C/CC/C=C/CCCCCCCCCCCCCCCCCCCCCCCCCC. The van der Waals surface area contributed by atoms with Crippen LogP contribution in [0.2, 0.25) is 0 Å². The van der Waals surface area contributed by atoms with Gasteiger partial charge in [0.25, 0.3) is 0 Å². The fourth-order valence-electron chi connectivity index (χ4n) is 11.1. The third kappa shape index (κ3) is 63.3. The largest absolute Gasteiger partial charge is 0.394 e. The highest BCUT2D eigenvalue weighted by molar-refractivity contribution is 5.76. The molecular weight excluding hydrogens is 915 g/mol. The molecule has 4 nitrogen and oxygen atoms in total. The van der Waals surface area contributed by atoms with E-state index >= 15 is 0 Å². The molecule has 2 atom stereocenters. The lowest BCUT2D eigenvalue weighted by atomic mass is 10.0. The van der Waals surface area contributed by atoms with Gasteiger partial charge in [0.05, 0.1) is 18.8 Å². The highest BCUT2D eigenvalue weighted by Crippen LogP contribution is 2.19. The van der Waals surface area contributed by atoms with E-state index in [4.69, 9.17) is 0 Å². The summed E-state index contributed by atoms with van der Waals surface area (Å²) in [7, 11) is 0. The van der Waals surface area contributed by atoms with E-state index in [1.807, 2.05) is 6.08 Å². The zero-order chi connectivity index (χ0) is 54.1. The Morgan fingerprint density at radius 1 is 0.307 bits per heavy atom. The molecule has 3 N–H and O–H groups in total. The number of hydrogen-bond acceptors (Lipinski definition) is 3. The molecule has 0 aromatic carbocycles. The summed E-state index contributed by atoms with van der Waals surface area (Å²) in [6, 6.07) is -0.639. The van der Waals surface area contributed by atoms with Crippen LogP contribution in [0, 0.1) is 0 Å². The molecule has 0 bridgehead atoms. The predicted octanol–water partition coefficient (Wildman–Crippen LogP) is 23.5. The van der Waals surface area contributed by atoms with Gasteiger partial charge in [-0.15, -0.1) is 0 Å². The minimum atomic E-state index is -0.862. The Balaban J connectivity index is 3.44. The quantitative estimate of drug-likeness (QED) is 0.0420. The predicted molar refractivity (Wildman–Crippen MR) is 336 cm³/mol. The van der Waals surface area contributed by atoms with Crippen molar-refractivity contribution in [3.05, 3.63) is 36.5 Å². The van der Waals surface area contributed by atoms with Gasteiger partial charge in [-0.25, -0.2) is 0 Å². The molecule has 0 heterocycles. The van der Waals surface area contributed by atoms with Gasteiger partial charge >= 0.3 is 0 Å². The molecule has 0 aromatic heterocycles. The summed E-state index contributed by atoms with van der Waals surface area (Å²) in [6.45, 7) is 4.35.